The number of nitrogens with two attached hydrogens (primary N) is 2. The zero-order chi connectivity index (χ0) is 25.8. The minimum atomic E-state index is -0.837. The number of hydrogen-bond acceptors (Lipinski definition) is 7. The average Bonchev–Trinajstić information content (AvgIpc) is 3.46. The van der Waals surface area contributed by atoms with Gasteiger partial charge in [0.25, 0.3) is 5.91 Å². The van der Waals surface area contributed by atoms with Crippen LogP contribution in [0.1, 0.15) is 29.8 Å². The maximum absolute atomic E-state index is 16.1. The van der Waals surface area contributed by atoms with Crippen LogP contribution >= 0.6 is 0 Å². The number of halogens is 1. The molecule has 4 N–H and O–H groups in total. The van der Waals surface area contributed by atoms with Crippen LogP contribution < -0.4 is 21.1 Å². The van der Waals surface area contributed by atoms with Gasteiger partial charge < -0.3 is 26.1 Å². The number of amides is 2. The Hall–Kier alpha value is -5.00. The van der Waals surface area contributed by atoms with Gasteiger partial charge in [0.2, 0.25) is 17.8 Å². The zero-order valence-electron chi connectivity index (χ0n) is 19.3. The number of piperidine rings is 1. The summed E-state index contributed by atoms with van der Waals surface area (Å²) < 4.78 is 23.0. The topological polar surface area (TPSA) is 160 Å². The monoisotopic (exact) mass is 501 g/mol. The number of nitrogen functional groups attached to an aromatic ring is 1. The smallest absolute Gasteiger partial charge is 0.269 e. The van der Waals surface area contributed by atoms with Gasteiger partial charge >= 0.3 is 0 Å². The summed E-state index contributed by atoms with van der Waals surface area (Å²) in [4.78, 5) is 25.9. The van der Waals surface area contributed by atoms with E-state index in [-0.39, 0.29) is 39.6 Å². The van der Waals surface area contributed by atoms with Crippen LogP contribution in [-0.4, -0.2) is 33.3 Å². The SMILES string of the molecule is NC(=O)c1nn(-c2ccc3onc(N)c3c2)c2c(F)c(-c3ccc(N4CCCCC4=O)c[n+]3[O-])ccc12. The van der Waals surface area contributed by atoms with Crippen LogP contribution in [0, 0.1) is 11.0 Å². The first-order valence-electron chi connectivity index (χ1n) is 11.5. The van der Waals surface area contributed by atoms with Crippen molar-refractivity contribution in [2.45, 2.75) is 19.3 Å². The molecule has 11 nitrogen and oxygen atoms in total. The van der Waals surface area contributed by atoms with Crippen LogP contribution in [-0.2, 0) is 4.79 Å². The maximum Gasteiger partial charge on any atom is 0.269 e. The van der Waals surface area contributed by atoms with Crippen molar-refractivity contribution in [3.8, 4) is 16.9 Å². The lowest BCUT2D eigenvalue weighted by Crippen LogP contribution is -2.38. The Morgan fingerprint density at radius 1 is 1.11 bits per heavy atom. The highest BCUT2D eigenvalue weighted by Gasteiger charge is 2.26. The Kier molecular flexibility index (Phi) is 5.04. The second-order valence-electron chi connectivity index (χ2n) is 8.80. The normalized spacial score (nSPS) is 14.1. The highest BCUT2D eigenvalue weighted by atomic mass is 19.1. The van der Waals surface area contributed by atoms with E-state index in [1.54, 1.807) is 29.2 Å². The molecular formula is C25H20FN7O4. The molecule has 0 spiro atoms. The Bertz CT molecular complexity index is 1740. The van der Waals surface area contributed by atoms with Crippen molar-refractivity contribution in [1.82, 2.24) is 14.9 Å². The highest BCUT2D eigenvalue weighted by molar-refractivity contribution is 6.05. The molecule has 2 aromatic carbocycles. The Morgan fingerprint density at radius 3 is 2.68 bits per heavy atom. The largest absolute Gasteiger partial charge is 0.618 e. The third kappa shape index (κ3) is 3.53. The molecule has 0 atom stereocenters. The summed E-state index contributed by atoms with van der Waals surface area (Å²) in [7, 11) is 0. The number of fused-ring (bicyclic) bond motifs is 2. The molecule has 1 saturated heterocycles. The fourth-order valence-corrected chi connectivity index (χ4v) is 4.73. The number of carbonyl (C=O) groups is 2. The quantitative estimate of drug-likeness (QED) is 0.283. The fourth-order valence-electron chi connectivity index (χ4n) is 4.73. The molecule has 12 heteroatoms. The van der Waals surface area contributed by atoms with E-state index in [0.29, 0.717) is 40.0 Å². The minimum absolute atomic E-state index is 0.0123. The van der Waals surface area contributed by atoms with E-state index in [1.807, 2.05) is 0 Å². The summed E-state index contributed by atoms with van der Waals surface area (Å²) in [5.41, 5.74) is 12.5. The molecule has 0 radical (unpaired) electrons. The number of nitrogens with zero attached hydrogens (tertiary/aromatic N) is 5. The van der Waals surface area contributed by atoms with Crippen LogP contribution in [0.15, 0.2) is 53.2 Å². The van der Waals surface area contributed by atoms with Crippen molar-refractivity contribution < 1.29 is 23.2 Å². The second-order valence-corrected chi connectivity index (χ2v) is 8.80. The van der Waals surface area contributed by atoms with E-state index in [9.17, 15) is 14.8 Å². The van der Waals surface area contributed by atoms with Crippen LogP contribution in [0.5, 0.6) is 0 Å². The van der Waals surface area contributed by atoms with Crippen LogP contribution in [0.4, 0.5) is 15.9 Å². The van der Waals surface area contributed by atoms with Crippen molar-refractivity contribution in [1.29, 1.82) is 0 Å². The van der Waals surface area contributed by atoms with Gasteiger partial charge in [-0.2, -0.15) is 9.83 Å². The molecular weight excluding hydrogens is 481 g/mol. The number of primary amides is 1. The number of anilines is 2. The highest BCUT2D eigenvalue weighted by Crippen LogP contribution is 2.33. The summed E-state index contributed by atoms with van der Waals surface area (Å²) >= 11 is 0. The van der Waals surface area contributed by atoms with Crippen molar-refractivity contribution >= 4 is 45.2 Å². The summed E-state index contributed by atoms with van der Waals surface area (Å²) in [5, 5.41) is 21.6. The van der Waals surface area contributed by atoms with Gasteiger partial charge in [-0.3, -0.25) is 9.59 Å². The van der Waals surface area contributed by atoms with E-state index in [4.69, 9.17) is 16.0 Å². The third-order valence-electron chi connectivity index (χ3n) is 6.55. The van der Waals surface area contributed by atoms with E-state index in [2.05, 4.69) is 10.3 Å². The van der Waals surface area contributed by atoms with Gasteiger partial charge in [0.05, 0.1) is 16.6 Å². The number of hydrogen-bond donors (Lipinski definition) is 2. The standard InChI is InChI=1S/C25H20FN7O4/c26-21-15(18-8-4-14(12-32(18)36)31-10-2-1-3-20(31)34)6-7-16-22(25(28)35)29-33(23(16)21)13-5-9-19-17(11-13)24(27)30-37-19/h4-9,11-12H,1-3,10H2,(H2,27,30)(H2,28,35). The zero-order valence-corrected chi connectivity index (χ0v) is 19.3. The molecule has 6 rings (SSSR count). The van der Waals surface area contributed by atoms with E-state index in [0.717, 1.165) is 12.8 Å². The number of carbonyl (C=O) groups excluding carboxylic acids is 2. The molecule has 1 aliphatic heterocycles. The summed E-state index contributed by atoms with van der Waals surface area (Å²) in [6, 6.07) is 10.8. The van der Waals surface area contributed by atoms with Gasteiger partial charge in [-0.1, -0.05) is 5.16 Å². The van der Waals surface area contributed by atoms with Gasteiger partial charge in [-0.15, -0.1) is 0 Å². The maximum atomic E-state index is 16.1. The minimum Gasteiger partial charge on any atom is -0.618 e. The number of aromatic nitrogens is 4. The molecule has 37 heavy (non-hydrogen) atoms. The van der Waals surface area contributed by atoms with Gasteiger partial charge in [-0.25, -0.2) is 9.07 Å². The van der Waals surface area contributed by atoms with E-state index >= 15 is 4.39 Å². The molecule has 2 amide bonds. The Labute approximate surface area is 208 Å². The Morgan fingerprint density at radius 2 is 1.92 bits per heavy atom. The first-order valence-corrected chi connectivity index (χ1v) is 11.5. The van der Waals surface area contributed by atoms with Crippen LogP contribution in [0.3, 0.4) is 0 Å². The second kappa shape index (κ2) is 8.29. The van der Waals surface area contributed by atoms with Crippen molar-refractivity contribution in [2.24, 2.45) is 5.73 Å². The number of rotatable bonds is 4. The average molecular weight is 501 g/mol. The molecule has 4 heterocycles. The van der Waals surface area contributed by atoms with Crippen molar-refractivity contribution in [2.75, 3.05) is 17.2 Å². The molecule has 0 bridgehead atoms. The summed E-state index contributed by atoms with van der Waals surface area (Å²) in [6.07, 6.45) is 3.34. The molecule has 3 aromatic heterocycles. The molecule has 0 saturated carbocycles. The summed E-state index contributed by atoms with van der Waals surface area (Å²) in [5.74, 6) is -1.53. The molecule has 1 fully saturated rings. The van der Waals surface area contributed by atoms with E-state index in [1.165, 1.54) is 29.1 Å². The van der Waals surface area contributed by atoms with Crippen LogP contribution in [0.2, 0.25) is 0 Å². The lowest BCUT2D eigenvalue weighted by molar-refractivity contribution is -0.593. The molecule has 186 valence electrons. The van der Waals surface area contributed by atoms with Gasteiger partial charge in [-0.05, 0) is 49.2 Å². The first kappa shape index (κ1) is 22.5. The van der Waals surface area contributed by atoms with E-state index < -0.39 is 11.7 Å². The number of benzene rings is 2. The lowest BCUT2D eigenvalue weighted by Gasteiger charge is -2.26. The predicted molar refractivity (Wildman–Crippen MR) is 132 cm³/mol. The van der Waals surface area contributed by atoms with Crippen molar-refractivity contribution in [3.05, 3.63) is 65.4 Å². The third-order valence-corrected chi connectivity index (χ3v) is 6.55. The fraction of sp³-hybridized carbons (Fsp3) is 0.160. The van der Waals surface area contributed by atoms with Gasteiger partial charge in [0.15, 0.2) is 22.9 Å². The molecule has 0 unspecified atom stereocenters. The van der Waals surface area contributed by atoms with Crippen molar-refractivity contribution in [3.63, 3.8) is 0 Å². The Balaban J connectivity index is 1.52. The lowest BCUT2D eigenvalue weighted by atomic mass is 10.1. The summed E-state index contributed by atoms with van der Waals surface area (Å²) in [6.45, 7) is 0.522. The van der Waals surface area contributed by atoms with Gasteiger partial charge in [0.1, 0.15) is 11.2 Å². The molecule has 5 aromatic rings. The predicted octanol–water partition coefficient (Wildman–Crippen LogP) is 2.80. The van der Waals surface area contributed by atoms with Crippen LogP contribution in [0.25, 0.3) is 38.8 Å². The molecule has 1 aliphatic rings. The first-order chi connectivity index (χ1) is 17.8. The molecule has 0 aliphatic carbocycles. The van der Waals surface area contributed by atoms with Gasteiger partial charge in [0, 0.05) is 24.4 Å². The number of pyridine rings is 1.